The number of H-pyrrole nitrogens is 2. The van der Waals surface area contributed by atoms with E-state index in [-0.39, 0.29) is 5.82 Å². The molecule has 0 saturated carbocycles. The van der Waals surface area contributed by atoms with Crippen LogP contribution in [0.2, 0.25) is 0 Å². The van der Waals surface area contributed by atoms with E-state index < -0.39 is 0 Å². The van der Waals surface area contributed by atoms with Crippen LogP contribution in [0.4, 0.5) is 4.39 Å². The number of rotatable bonds is 6. The third-order valence-electron chi connectivity index (χ3n) is 6.01. The van der Waals surface area contributed by atoms with E-state index in [0.29, 0.717) is 5.69 Å². The standard InChI is InChI=1S/C27H22FN7/c1-2-29-11-16-8-18(13-30-12-16)22-6-7-23-26(33-22)27(35-34-23)24-10-20-21(14-31-15-25(20)32-24)17-4-3-5-19(28)9-17/h3-10,12-15,29,32H,2,11H2,1H3,(H,34,35). The predicted octanol–water partition coefficient (Wildman–Crippen LogP) is 5.48. The first kappa shape index (κ1) is 21.1. The van der Waals surface area contributed by atoms with Gasteiger partial charge in [0, 0.05) is 41.6 Å². The van der Waals surface area contributed by atoms with E-state index in [4.69, 9.17) is 4.98 Å². The van der Waals surface area contributed by atoms with Gasteiger partial charge in [-0.3, -0.25) is 15.1 Å². The lowest BCUT2D eigenvalue weighted by Gasteiger charge is -2.05. The molecule has 6 aromatic rings. The van der Waals surface area contributed by atoms with Gasteiger partial charge in [0.25, 0.3) is 0 Å². The summed E-state index contributed by atoms with van der Waals surface area (Å²) in [5.41, 5.74) is 8.44. The molecule has 5 heterocycles. The van der Waals surface area contributed by atoms with Gasteiger partial charge in [-0.2, -0.15) is 5.10 Å². The molecule has 1 aromatic carbocycles. The maximum atomic E-state index is 13.9. The second-order valence-electron chi connectivity index (χ2n) is 8.37. The van der Waals surface area contributed by atoms with Crippen molar-refractivity contribution >= 4 is 21.9 Å². The van der Waals surface area contributed by atoms with Crippen LogP contribution in [0.1, 0.15) is 12.5 Å². The second kappa shape index (κ2) is 8.73. The number of aromatic amines is 2. The maximum absolute atomic E-state index is 13.9. The Kier molecular flexibility index (Phi) is 5.27. The van der Waals surface area contributed by atoms with Crippen molar-refractivity contribution in [1.82, 2.24) is 35.5 Å². The number of nitrogens with one attached hydrogen (secondary N) is 3. The first-order chi connectivity index (χ1) is 17.2. The molecule has 0 aliphatic rings. The van der Waals surface area contributed by atoms with E-state index in [1.165, 1.54) is 12.1 Å². The van der Waals surface area contributed by atoms with Crippen LogP contribution in [0.15, 0.2) is 73.3 Å². The summed E-state index contributed by atoms with van der Waals surface area (Å²) in [7, 11) is 0. The summed E-state index contributed by atoms with van der Waals surface area (Å²) in [6.45, 7) is 3.73. The Labute approximate surface area is 200 Å². The smallest absolute Gasteiger partial charge is 0.135 e. The van der Waals surface area contributed by atoms with Crippen LogP contribution in [-0.2, 0) is 6.54 Å². The molecule has 0 fully saturated rings. The number of halogens is 1. The normalized spacial score (nSPS) is 11.5. The molecule has 6 rings (SSSR count). The van der Waals surface area contributed by atoms with Gasteiger partial charge in [-0.1, -0.05) is 19.1 Å². The minimum atomic E-state index is -0.283. The molecule has 0 bridgehead atoms. The average molecular weight is 464 g/mol. The van der Waals surface area contributed by atoms with Crippen LogP contribution in [0.5, 0.6) is 0 Å². The van der Waals surface area contributed by atoms with Crippen molar-refractivity contribution < 1.29 is 4.39 Å². The summed E-state index contributed by atoms with van der Waals surface area (Å²) < 4.78 is 13.9. The maximum Gasteiger partial charge on any atom is 0.135 e. The molecule has 0 spiro atoms. The highest BCUT2D eigenvalue weighted by molar-refractivity contribution is 6.00. The topological polar surface area (TPSA) is 95.2 Å². The fraction of sp³-hybridized carbons (Fsp3) is 0.111. The first-order valence-electron chi connectivity index (χ1n) is 11.4. The molecule has 0 unspecified atom stereocenters. The third kappa shape index (κ3) is 3.94. The minimum absolute atomic E-state index is 0.283. The number of hydrogen-bond acceptors (Lipinski definition) is 5. The van der Waals surface area contributed by atoms with Gasteiger partial charge < -0.3 is 10.3 Å². The number of fused-ring (bicyclic) bond motifs is 2. The van der Waals surface area contributed by atoms with Crippen molar-refractivity contribution in [3.05, 3.63) is 84.7 Å². The molecule has 0 saturated heterocycles. The molecule has 0 aliphatic heterocycles. The molecule has 0 radical (unpaired) electrons. The fourth-order valence-electron chi connectivity index (χ4n) is 4.31. The van der Waals surface area contributed by atoms with Crippen LogP contribution < -0.4 is 5.32 Å². The van der Waals surface area contributed by atoms with E-state index >= 15 is 0 Å². The Bertz CT molecular complexity index is 1670. The molecule has 0 amide bonds. The van der Waals surface area contributed by atoms with Gasteiger partial charge in [0.15, 0.2) is 0 Å². The summed E-state index contributed by atoms with van der Waals surface area (Å²) in [5.74, 6) is -0.283. The van der Waals surface area contributed by atoms with Crippen LogP contribution in [0.3, 0.4) is 0 Å². The summed E-state index contributed by atoms with van der Waals surface area (Å²) in [6, 6.07) is 14.6. The van der Waals surface area contributed by atoms with E-state index in [2.05, 4.69) is 43.5 Å². The van der Waals surface area contributed by atoms with Gasteiger partial charge in [-0.25, -0.2) is 9.37 Å². The summed E-state index contributed by atoms with van der Waals surface area (Å²) in [5, 5.41) is 11.9. The van der Waals surface area contributed by atoms with Crippen molar-refractivity contribution in [2.45, 2.75) is 13.5 Å². The largest absolute Gasteiger partial charge is 0.352 e. The van der Waals surface area contributed by atoms with E-state index in [1.54, 1.807) is 18.5 Å². The van der Waals surface area contributed by atoms with Gasteiger partial charge in [0.2, 0.25) is 0 Å². The van der Waals surface area contributed by atoms with Crippen molar-refractivity contribution in [1.29, 1.82) is 0 Å². The summed E-state index contributed by atoms with van der Waals surface area (Å²) in [4.78, 5) is 17.1. The van der Waals surface area contributed by atoms with Gasteiger partial charge in [-0.05, 0) is 54.1 Å². The Morgan fingerprint density at radius 1 is 0.914 bits per heavy atom. The van der Waals surface area contributed by atoms with E-state index in [1.807, 2.05) is 36.7 Å². The van der Waals surface area contributed by atoms with Crippen molar-refractivity contribution in [2.75, 3.05) is 6.54 Å². The van der Waals surface area contributed by atoms with Gasteiger partial charge in [-0.15, -0.1) is 0 Å². The lowest BCUT2D eigenvalue weighted by molar-refractivity contribution is 0.628. The first-order valence-corrected chi connectivity index (χ1v) is 11.4. The molecule has 172 valence electrons. The van der Waals surface area contributed by atoms with Gasteiger partial charge in [0.1, 0.15) is 17.0 Å². The highest BCUT2D eigenvalue weighted by Gasteiger charge is 2.16. The molecule has 0 atom stereocenters. The van der Waals surface area contributed by atoms with Crippen LogP contribution in [0.25, 0.3) is 55.7 Å². The van der Waals surface area contributed by atoms with E-state index in [0.717, 1.165) is 68.7 Å². The molecule has 3 N–H and O–H groups in total. The Balaban J connectivity index is 1.44. The van der Waals surface area contributed by atoms with Crippen LogP contribution in [-0.4, -0.2) is 36.7 Å². The minimum Gasteiger partial charge on any atom is -0.352 e. The fourth-order valence-corrected chi connectivity index (χ4v) is 4.31. The molecule has 35 heavy (non-hydrogen) atoms. The SMILES string of the molecule is CCNCc1cncc(-c2ccc3[nH]nc(-c4cc5c(-c6cccc(F)c6)cncc5[nH]4)c3n2)c1. The molecule has 8 heteroatoms. The molecular weight excluding hydrogens is 441 g/mol. The molecule has 5 aromatic heterocycles. The Morgan fingerprint density at radius 3 is 2.71 bits per heavy atom. The zero-order valence-electron chi connectivity index (χ0n) is 19.0. The zero-order valence-corrected chi connectivity index (χ0v) is 19.0. The quantitative estimate of drug-likeness (QED) is 0.304. The second-order valence-corrected chi connectivity index (χ2v) is 8.37. The highest BCUT2D eigenvalue weighted by atomic mass is 19.1. The Morgan fingerprint density at radius 2 is 1.83 bits per heavy atom. The van der Waals surface area contributed by atoms with E-state index in [9.17, 15) is 4.39 Å². The predicted molar refractivity (Wildman–Crippen MR) is 135 cm³/mol. The van der Waals surface area contributed by atoms with Crippen molar-refractivity contribution in [2.24, 2.45) is 0 Å². The number of nitrogens with zero attached hydrogens (tertiary/aromatic N) is 4. The monoisotopic (exact) mass is 463 g/mol. The van der Waals surface area contributed by atoms with Crippen molar-refractivity contribution in [3.8, 4) is 33.8 Å². The third-order valence-corrected chi connectivity index (χ3v) is 6.01. The summed E-state index contributed by atoms with van der Waals surface area (Å²) >= 11 is 0. The molecular formula is C27H22FN7. The van der Waals surface area contributed by atoms with Crippen LogP contribution >= 0.6 is 0 Å². The molecule has 7 nitrogen and oxygen atoms in total. The number of hydrogen-bond donors (Lipinski definition) is 3. The zero-order chi connectivity index (χ0) is 23.8. The van der Waals surface area contributed by atoms with Gasteiger partial charge >= 0.3 is 0 Å². The Hall–Kier alpha value is -4.43. The highest BCUT2D eigenvalue weighted by Crippen LogP contribution is 2.33. The number of pyridine rings is 3. The summed E-state index contributed by atoms with van der Waals surface area (Å²) in [6.07, 6.45) is 7.20. The number of benzene rings is 1. The van der Waals surface area contributed by atoms with Gasteiger partial charge in [0.05, 0.1) is 28.6 Å². The molecule has 0 aliphatic carbocycles. The van der Waals surface area contributed by atoms with Crippen molar-refractivity contribution in [3.63, 3.8) is 0 Å². The number of aromatic nitrogens is 6. The van der Waals surface area contributed by atoms with Crippen LogP contribution in [0, 0.1) is 5.82 Å². The average Bonchev–Trinajstić information content (AvgIpc) is 3.51. The lowest BCUT2D eigenvalue weighted by Crippen LogP contribution is -2.11. The lowest BCUT2D eigenvalue weighted by atomic mass is 10.0.